The Morgan fingerprint density at radius 1 is 1.30 bits per heavy atom. The lowest BCUT2D eigenvalue weighted by molar-refractivity contribution is 0.485. The molecular weight excluding hydrogens is 272 g/mol. The van der Waals surface area contributed by atoms with Crippen LogP contribution in [0.15, 0.2) is 24.3 Å². The third-order valence-electron chi connectivity index (χ3n) is 3.75. The lowest BCUT2D eigenvalue weighted by atomic mass is 10.0. The monoisotopic (exact) mass is 296 g/mol. The summed E-state index contributed by atoms with van der Waals surface area (Å²) in [5, 5.41) is 0. The second-order valence-corrected chi connectivity index (χ2v) is 7.32. The number of hydrogen-bond acceptors (Lipinski definition) is 3. The Bertz CT molecular complexity index is 543. The van der Waals surface area contributed by atoms with Crippen molar-refractivity contribution in [3.05, 3.63) is 24.3 Å². The molecule has 0 radical (unpaired) electrons. The number of anilines is 2. The number of nitrogens with one attached hydrogen (secondary N) is 1. The molecule has 0 bridgehead atoms. The van der Waals surface area contributed by atoms with Gasteiger partial charge in [0, 0.05) is 12.6 Å². The molecule has 4 nitrogen and oxygen atoms in total. The number of nitrogens with zero attached hydrogens (tertiary/aromatic N) is 1. The highest BCUT2D eigenvalue weighted by molar-refractivity contribution is 7.92. The third kappa shape index (κ3) is 3.66. The van der Waals surface area contributed by atoms with Crippen LogP contribution in [0.4, 0.5) is 11.4 Å². The van der Waals surface area contributed by atoms with Crippen LogP contribution in [0.25, 0.3) is 0 Å². The topological polar surface area (TPSA) is 49.4 Å². The average Bonchev–Trinajstić information content (AvgIpc) is 2.40. The maximum Gasteiger partial charge on any atom is 0.232 e. The third-order valence-corrected chi connectivity index (χ3v) is 5.23. The van der Waals surface area contributed by atoms with Crippen LogP contribution in [0.5, 0.6) is 0 Å². The molecule has 2 rings (SSSR count). The number of sulfonamides is 1. The molecule has 1 heterocycles. The fourth-order valence-electron chi connectivity index (χ4n) is 2.75. The Morgan fingerprint density at radius 2 is 2.05 bits per heavy atom. The summed E-state index contributed by atoms with van der Waals surface area (Å²) in [5.74, 6) is 0.164. The smallest absolute Gasteiger partial charge is 0.232 e. The molecule has 0 aromatic heterocycles. The van der Waals surface area contributed by atoms with Crippen molar-refractivity contribution in [1.29, 1.82) is 0 Å². The number of piperidine rings is 1. The van der Waals surface area contributed by atoms with Crippen LogP contribution in [0.1, 0.15) is 39.5 Å². The molecule has 5 heteroatoms. The molecule has 112 valence electrons. The minimum atomic E-state index is -3.24. The molecule has 0 amide bonds. The fraction of sp³-hybridized carbons (Fsp3) is 0.600. The molecule has 1 aliphatic heterocycles. The van der Waals surface area contributed by atoms with E-state index in [9.17, 15) is 8.42 Å². The van der Waals surface area contributed by atoms with Gasteiger partial charge in [0.05, 0.1) is 17.1 Å². The van der Waals surface area contributed by atoms with Crippen LogP contribution in [0.2, 0.25) is 0 Å². The van der Waals surface area contributed by atoms with E-state index in [4.69, 9.17) is 0 Å². The highest BCUT2D eigenvalue weighted by Gasteiger charge is 2.22. The normalized spacial score (nSPS) is 19.9. The summed E-state index contributed by atoms with van der Waals surface area (Å²) < 4.78 is 26.7. The summed E-state index contributed by atoms with van der Waals surface area (Å²) in [4.78, 5) is 2.31. The van der Waals surface area contributed by atoms with E-state index in [1.807, 2.05) is 31.2 Å². The van der Waals surface area contributed by atoms with Gasteiger partial charge in [-0.25, -0.2) is 8.42 Å². The van der Waals surface area contributed by atoms with E-state index in [1.165, 1.54) is 12.8 Å². The molecule has 0 spiro atoms. The Hall–Kier alpha value is -1.23. The summed E-state index contributed by atoms with van der Waals surface area (Å²) in [7, 11) is -3.24. The van der Waals surface area contributed by atoms with Crippen LogP contribution in [-0.2, 0) is 10.0 Å². The zero-order valence-electron chi connectivity index (χ0n) is 12.3. The maximum absolute atomic E-state index is 12.0. The van der Waals surface area contributed by atoms with Gasteiger partial charge < -0.3 is 4.90 Å². The molecule has 20 heavy (non-hydrogen) atoms. The number of benzene rings is 1. The summed E-state index contributed by atoms with van der Waals surface area (Å²) in [5.41, 5.74) is 1.70. The second-order valence-electron chi connectivity index (χ2n) is 5.48. The van der Waals surface area contributed by atoms with Gasteiger partial charge in [-0.15, -0.1) is 0 Å². The molecule has 0 saturated carbocycles. The Labute approximate surface area is 122 Å². The van der Waals surface area contributed by atoms with Gasteiger partial charge in [0.2, 0.25) is 10.0 Å². The Morgan fingerprint density at radius 3 is 2.75 bits per heavy atom. The van der Waals surface area contributed by atoms with Crippen molar-refractivity contribution in [2.45, 2.75) is 45.6 Å². The van der Waals surface area contributed by atoms with E-state index in [0.29, 0.717) is 18.2 Å². The van der Waals surface area contributed by atoms with Gasteiger partial charge in [0.25, 0.3) is 0 Å². The van der Waals surface area contributed by atoms with E-state index >= 15 is 0 Å². The van der Waals surface area contributed by atoms with Crippen molar-refractivity contribution in [2.75, 3.05) is 21.9 Å². The van der Waals surface area contributed by atoms with Gasteiger partial charge in [-0.05, 0) is 44.7 Å². The first-order valence-electron chi connectivity index (χ1n) is 7.39. The molecule has 1 N–H and O–H groups in total. The van der Waals surface area contributed by atoms with Gasteiger partial charge in [-0.2, -0.15) is 0 Å². The Kier molecular flexibility index (Phi) is 4.91. The van der Waals surface area contributed by atoms with Crippen LogP contribution < -0.4 is 9.62 Å². The highest BCUT2D eigenvalue weighted by atomic mass is 32.2. The first-order valence-corrected chi connectivity index (χ1v) is 9.05. The molecule has 0 aliphatic carbocycles. The second kappa shape index (κ2) is 6.48. The van der Waals surface area contributed by atoms with E-state index in [2.05, 4.69) is 16.5 Å². The van der Waals surface area contributed by atoms with Crippen LogP contribution in [0.3, 0.4) is 0 Å². The largest absolute Gasteiger partial charge is 0.367 e. The van der Waals surface area contributed by atoms with Gasteiger partial charge >= 0.3 is 0 Å². The van der Waals surface area contributed by atoms with Gasteiger partial charge in [0.1, 0.15) is 0 Å². The first-order chi connectivity index (χ1) is 9.53. The zero-order chi connectivity index (χ0) is 14.6. The molecule has 1 saturated heterocycles. The summed E-state index contributed by atoms with van der Waals surface area (Å²) in [6, 6.07) is 8.16. The average molecular weight is 296 g/mol. The molecule has 1 aromatic rings. The van der Waals surface area contributed by atoms with Crippen LogP contribution in [0, 0.1) is 0 Å². The molecule has 1 atom stereocenters. The molecule has 1 unspecified atom stereocenters. The summed E-state index contributed by atoms with van der Waals surface area (Å²) in [6.45, 7) is 5.07. The molecule has 1 aromatic carbocycles. The SMILES string of the molecule is CCCS(=O)(=O)Nc1ccccc1N1CCCCC1C. The Balaban J connectivity index is 2.26. The predicted molar refractivity (Wildman–Crippen MR) is 84.8 cm³/mol. The highest BCUT2D eigenvalue weighted by Crippen LogP contribution is 2.31. The minimum Gasteiger partial charge on any atom is -0.367 e. The fourth-order valence-corrected chi connectivity index (χ4v) is 3.90. The van der Waals surface area contributed by atoms with Crippen molar-refractivity contribution in [2.24, 2.45) is 0 Å². The summed E-state index contributed by atoms with van der Waals surface area (Å²) >= 11 is 0. The molecule has 1 aliphatic rings. The predicted octanol–water partition coefficient (Wildman–Crippen LogP) is 3.22. The van der Waals surface area contributed by atoms with Crippen LogP contribution >= 0.6 is 0 Å². The number of hydrogen-bond donors (Lipinski definition) is 1. The zero-order valence-corrected chi connectivity index (χ0v) is 13.1. The first kappa shape index (κ1) is 15.2. The lowest BCUT2D eigenvalue weighted by Gasteiger charge is -2.36. The van der Waals surface area contributed by atoms with Gasteiger partial charge in [-0.1, -0.05) is 19.1 Å². The van der Waals surface area contributed by atoms with Crippen molar-refractivity contribution in [3.63, 3.8) is 0 Å². The standard InChI is InChI=1S/C15H24N2O2S/c1-3-12-20(18,19)16-14-9-4-5-10-15(14)17-11-7-6-8-13(17)2/h4-5,9-10,13,16H,3,6-8,11-12H2,1-2H3. The maximum atomic E-state index is 12.0. The lowest BCUT2D eigenvalue weighted by Crippen LogP contribution is -2.38. The van der Waals surface area contributed by atoms with Crippen LogP contribution in [-0.4, -0.2) is 26.8 Å². The summed E-state index contributed by atoms with van der Waals surface area (Å²) in [6.07, 6.45) is 4.20. The van der Waals surface area contributed by atoms with E-state index in [1.54, 1.807) is 0 Å². The van der Waals surface area contributed by atoms with E-state index < -0.39 is 10.0 Å². The van der Waals surface area contributed by atoms with E-state index in [-0.39, 0.29) is 5.75 Å². The quantitative estimate of drug-likeness (QED) is 0.907. The molecule has 1 fully saturated rings. The van der Waals surface area contributed by atoms with Crippen molar-refractivity contribution >= 4 is 21.4 Å². The minimum absolute atomic E-state index is 0.164. The van der Waals surface area contributed by atoms with E-state index in [0.717, 1.165) is 18.7 Å². The van der Waals surface area contributed by atoms with Gasteiger partial charge in [0.15, 0.2) is 0 Å². The van der Waals surface area contributed by atoms with Crippen molar-refractivity contribution in [3.8, 4) is 0 Å². The number of para-hydroxylation sites is 2. The van der Waals surface area contributed by atoms with Gasteiger partial charge in [-0.3, -0.25) is 4.72 Å². The molecular formula is C15H24N2O2S. The van der Waals surface area contributed by atoms with Crippen molar-refractivity contribution in [1.82, 2.24) is 0 Å². The number of rotatable bonds is 5. The van der Waals surface area contributed by atoms with Crippen molar-refractivity contribution < 1.29 is 8.42 Å².